The smallest absolute Gasteiger partial charge is 0.254 e. The number of aromatic nitrogens is 2. The van der Waals surface area contributed by atoms with Gasteiger partial charge in [0.15, 0.2) is 0 Å². The number of hydrogen-bond acceptors (Lipinski definition) is 3. The Hall–Kier alpha value is -3.19. The molecule has 0 saturated carbocycles. The van der Waals surface area contributed by atoms with Crippen LogP contribution in [0.15, 0.2) is 54.7 Å². The van der Waals surface area contributed by atoms with Crippen LogP contribution in [0.2, 0.25) is 5.02 Å². The number of carbonyl (C=O) groups is 2. The Morgan fingerprint density at radius 3 is 2.60 bits per heavy atom. The molecule has 0 aliphatic heterocycles. The molecule has 1 heterocycles. The summed E-state index contributed by atoms with van der Waals surface area (Å²) in [5, 5.41) is 10.4. The molecule has 30 heavy (non-hydrogen) atoms. The number of nitrogens with one attached hydrogen (secondary N) is 2. The fraction of sp³-hybridized carbons (Fsp3) is 0.227. The number of nitrogens with zero attached hydrogens (tertiary/aromatic N) is 2. The SMILES string of the molecule is CCc1c(C(=O)NCCNC(=O)Cc2cccc(F)c2)cnn1-c1cccc(Cl)c1. The van der Waals surface area contributed by atoms with E-state index in [0.717, 1.165) is 11.4 Å². The topological polar surface area (TPSA) is 76.0 Å². The lowest BCUT2D eigenvalue weighted by Gasteiger charge is -2.09. The predicted molar refractivity (Wildman–Crippen MR) is 113 cm³/mol. The van der Waals surface area contributed by atoms with Crippen LogP contribution in [-0.4, -0.2) is 34.7 Å². The normalized spacial score (nSPS) is 10.6. The van der Waals surface area contributed by atoms with Crippen molar-refractivity contribution in [1.82, 2.24) is 20.4 Å². The molecule has 0 radical (unpaired) electrons. The van der Waals surface area contributed by atoms with E-state index in [-0.39, 0.29) is 37.1 Å². The molecule has 6 nitrogen and oxygen atoms in total. The zero-order valence-corrected chi connectivity index (χ0v) is 17.2. The summed E-state index contributed by atoms with van der Waals surface area (Å²) in [4.78, 5) is 24.5. The lowest BCUT2D eigenvalue weighted by atomic mass is 10.1. The van der Waals surface area contributed by atoms with Gasteiger partial charge in [-0.15, -0.1) is 0 Å². The first-order chi connectivity index (χ1) is 14.5. The van der Waals surface area contributed by atoms with E-state index in [0.29, 0.717) is 22.6 Å². The van der Waals surface area contributed by atoms with Crippen molar-refractivity contribution in [3.63, 3.8) is 0 Å². The lowest BCUT2D eigenvalue weighted by Crippen LogP contribution is -2.35. The molecule has 2 aromatic carbocycles. The molecule has 0 unspecified atom stereocenters. The zero-order chi connectivity index (χ0) is 21.5. The zero-order valence-electron chi connectivity index (χ0n) is 16.5. The summed E-state index contributed by atoms with van der Waals surface area (Å²) in [6.07, 6.45) is 2.22. The Kier molecular flexibility index (Phi) is 7.19. The summed E-state index contributed by atoms with van der Waals surface area (Å²) in [7, 11) is 0. The van der Waals surface area contributed by atoms with Crippen LogP contribution >= 0.6 is 11.6 Å². The second kappa shape index (κ2) is 10.0. The molecule has 0 aliphatic rings. The molecule has 0 spiro atoms. The number of rotatable bonds is 8. The number of halogens is 2. The molecule has 0 saturated heterocycles. The van der Waals surface area contributed by atoms with Gasteiger partial charge in [-0.05, 0) is 42.3 Å². The molecule has 2 amide bonds. The number of benzene rings is 2. The van der Waals surface area contributed by atoms with Gasteiger partial charge in [-0.2, -0.15) is 5.10 Å². The summed E-state index contributed by atoms with van der Waals surface area (Å²) in [5.41, 5.74) is 2.62. The third-order valence-electron chi connectivity index (χ3n) is 4.49. The molecule has 0 fully saturated rings. The van der Waals surface area contributed by atoms with Crippen LogP contribution in [0, 0.1) is 5.82 Å². The quantitative estimate of drug-likeness (QED) is 0.540. The Morgan fingerprint density at radius 2 is 1.87 bits per heavy atom. The van der Waals surface area contributed by atoms with Crippen molar-refractivity contribution in [2.45, 2.75) is 19.8 Å². The highest BCUT2D eigenvalue weighted by Gasteiger charge is 2.17. The van der Waals surface area contributed by atoms with Gasteiger partial charge in [0.1, 0.15) is 5.82 Å². The number of hydrogen-bond donors (Lipinski definition) is 2. The molecule has 2 N–H and O–H groups in total. The molecular formula is C22H22ClFN4O2. The minimum atomic E-state index is -0.377. The van der Waals surface area contributed by atoms with Crippen LogP contribution in [0.5, 0.6) is 0 Å². The van der Waals surface area contributed by atoms with Crippen LogP contribution in [0.25, 0.3) is 5.69 Å². The van der Waals surface area contributed by atoms with Crippen LogP contribution in [0.3, 0.4) is 0 Å². The minimum absolute atomic E-state index is 0.0814. The monoisotopic (exact) mass is 428 g/mol. The van der Waals surface area contributed by atoms with Gasteiger partial charge in [0, 0.05) is 18.1 Å². The van der Waals surface area contributed by atoms with Gasteiger partial charge in [-0.1, -0.05) is 36.7 Å². The maximum Gasteiger partial charge on any atom is 0.254 e. The van der Waals surface area contributed by atoms with E-state index >= 15 is 0 Å². The van der Waals surface area contributed by atoms with Crippen molar-refractivity contribution < 1.29 is 14.0 Å². The summed E-state index contributed by atoms with van der Waals surface area (Å²) < 4.78 is 14.9. The molecule has 3 rings (SSSR count). The van der Waals surface area contributed by atoms with E-state index < -0.39 is 0 Å². The third kappa shape index (κ3) is 5.45. The molecule has 8 heteroatoms. The molecule has 3 aromatic rings. The summed E-state index contributed by atoms with van der Waals surface area (Å²) >= 11 is 6.05. The second-order valence-electron chi connectivity index (χ2n) is 6.66. The van der Waals surface area contributed by atoms with E-state index in [1.165, 1.54) is 18.3 Å². The van der Waals surface area contributed by atoms with Crippen LogP contribution in [-0.2, 0) is 17.6 Å². The van der Waals surface area contributed by atoms with E-state index in [1.807, 2.05) is 19.1 Å². The number of carbonyl (C=O) groups excluding carboxylic acids is 2. The van der Waals surface area contributed by atoms with Gasteiger partial charge < -0.3 is 10.6 Å². The Bertz CT molecular complexity index is 1050. The first-order valence-electron chi connectivity index (χ1n) is 9.60. The van der Waals surface area contributed by atoms with Crippen LogP contribution in [0.4, 0.5) is 4.39 Å². The maximum atomic E-state index is 13.2. The standard InChI is InChI=1S/C22H22ClFN4O2/c1-2-20-19(14-27-28(20)18-8-4-6-16(23)13-18)22(30)26-10-9-25-21(29)12-15-5-3-7-17(24)11-15/h3-8,11,13-14H,2,9-10,12H2,1H3,(H,25,29)(H,26,30). The Labute approximate surface area is 179 Å². The average molecular weight is 429 g/mol. The molecule has 0 atom stereocenters. The molecular weight excluding hydrogens is 407 g/mol. The first kappa shape index (κ1) is 21.5. The van der Waals surface area contributed by atoms with Gasteiger partial charge in [0.2, 0.25) is 5.91 Å². The van der Waals surface area contributed by atoms with Gasteiger partial charge >= 0.3 is 0 Å². The molecule has 0 bridgehead atoms. The maximum absolute atomic E-state index is 13.2. The lowest BCUT2D eigenvalue weighted by molar-refractivity contribution is -0.120. The fourth-order valence-corrected chi connectivity index (χ4v) is 3.29. The number of amides is 2. The van der Waals surface area contributed by atoms with Crippen LogP contribution < -0.4 is 10.6 Å². The van der Waals surface area contributed by atoms with E-state index in [4.69, 9.17) is 11.6 Å². The van der Waals surface area contributed by atoms with Gasteiger partial charge in [0.25, 0.3) is 5.91 Å². The summed E-state index contributed by atoms with van der Waals surface area (Å²) in [6, 6.07) is 13.2. The second-order valence-corrected chi connectivity index (χ2v) is 7.10. The van der Waals surface area contributed by atoms with Gasteiger partial charge in [-0.25, -0.2) is 9.07 Å². The van der Waals surface area contributed by atoms with Crippen molar-refractivity contribution in [3.05, 3.63) is 82.4 Å². The van der Waals surface area contributed by atoms with Crippen molar-refractivity contribution in [1.29, 1.82) is 0 Å². The average Bonchev–Trinajstić information content (AvgIpc) is 3.15. The largest absolute Gasteiger partial charge is 0.354 e. The highest BCUT2D eigenvalue weighted by atomic mass is 35.5. The van der Waals surface area contributed by atoms with E-state index in [9.17, 15) is 14.0 Å². The van der Waals surface area contributed by atoms with Crippen molar-refractivity contribution in [2.75, 3.05) is 13.1 Å². The van der Waals surface area contributed by atoms with Crippen molar-refractivity contribution in [2.24, 2.45) is 0 Å². The van der Waals surface area contributed by atoms with Crippen molar-refractivity contribution >= 4 is 23.4 Å². The highest BCUT2D eigenvalue weighted by Crippen LogP contribution is 2.19. The van der Waals surface area contributed by atoms with Gasteiger partial charge in [-0.3, -0.25) is 9.59 Å². The predicted octanol–water partition coefficient (Wildman–Crippen LogP) is 3.32. The first-order valence-corrected chi connectivity index (χ1v) is 9.98. The van der Waals surface area contributed by atoms with E-state index in [1.54, 1.807) is 28.9 Å². The van der Waals surface area contributed by atoms with Crippen LogP contribution in [0.1, 0.15) is 28.5 Å². The third-order valence-corrected chi connectivity index (χ3v) is 4.72. The van der Waals surface area contributed by atoms with Gasteiger partial charge in [0.05, 0.1) is 29.6 Å². The summed E-state index contributed by atoms with van der Waals surface area (Å²) in [5.74, 6) is -0.880. The molecule has 156 valence electrons. The Morgan fingerprint density at radius 1 is 1.10 bits per heavy atom. The fourth-order valence-electron chi connectivity index (χ4n) is 3.10. The molecule has 0 aliphatic carbocycles. The van der Waals surface area contributed by atoms with Crippen molar-refractivity contribution in [3.8, 4) is 5.69 Å². The van der Waals surface area contributed by atoms with E-state index in [2.05, 4.69) is 15.7 Å². The molecule has 1 aromatic heterocycles. The highest BCUT2D eigenvalue weighted by molar-refractivity contribution is 6.30. The minimum Gasteiger partial charge on any atom is -0.354 e. The summed E-state index contributed by atoms with van der Waals surface area (Å²) in [6.45, 7) is 2.48. The Balaban J connectivity index is 1.53.